The summed E-state index contributed by atoms with van der Waals surface area (Å²) >= 11 is 0. The second kappa shape index (κ2) is 5.63. The summed E-state index contributed by atoms with van der Waals surface area (Å²) in [6.07, 6.45) is 3.61. The van der Waals surface area contributed by atoms with Gasteiger partial charge in [0.15, 0.2) is 5.65 Å². The predicted molar refractivity (Wildman–Crippen MR) is 70.1 cm³/mol. The minimum absolute atomic E-state index is 0.220. The number of H-pyrrole nitrogens is 1. The standard InChI is InChI=1S/C11H18N6O/c1-7(6-18)3-2-4-13-9-8-5-14-17-10(8)16-11(12)15-9/h5,7,18H,2-4,6H2,1H3,(H4,12,13,14,15,16,17). The Hall–Kier alpha value is -1.89. The van der Waals surface area contributed by atoms with Crippen molar-refractivity contribution >= 4 is 22.8 Å². The Morgan fingerprint density at radius 1 is 1.50 bits per heavy atom. The topological polar surface area (TPSA) is 113 Å². The van der Waals surface area contributed by atoms with Crippen molar-refractivity contribution in [3.63, 3.8) is 0 Å². The van der Waals surface area contributed by atoms with Crippen LogP contribution in [0.1, 0.15) is 19.8 Å². The number of fused-ring (bicyclic) bond motifs is 1. The van der Waals surface area contributed by atoms with Crippen LogP contribution in [-0.4, -0.2) is 38.4 Å². The van der Waals surface area contributed by atoms with Gasteiger partial charge in [0.25, 0.3) is 0 Å². The molecule has 2 heterocycles. The fourth-order valence-electron chi connectivity index (χ4n) is 1.74. The predicted octanol–water partition coefficient (Wildman–Crippen LogP) is 0.756. The summed E-state index contributed by atoms with van der Waals surface area (Å²) in [5.41, 5.74) is 6.25. The Kier molecular flexibility index (Phi) is 3.93. The van der Waals surface area contributed by atoms with Crippen LogP contribution in [0.15, 0.2) is 6.20 Å². The van der Waals surface area contributed by atoms with Crippen LogP contribution in [0, 0.1) is 5.92 Å². The number of aliphatic hydroxyl groups excluding tert-OH is 1. The number of hydrogen-bond acceptors (Lipinski definition) is 6. The van der Waals surface area contributed by atoms with Gasteiger partial charge in [0, 0.05) is 13.2 Å². The molecule has 5 N–H and O–H groups in total. The molecule has 1 unspecified atom stereocenters. The Labute approximate surface area is 105 Å². The first-order chi connectivity index (χ1) is 8.70. The van der Waals surface area contributed by atoms with Crippen molar-refractivity contribution in [1.82, 2.24) is 20.2 Å². The quantitative estimate of drug-likeness (QED) is 0.563. The van der Waals surface area contributed by atoms with Gasteiger partial charge in [0.05, 0.1) is 11.6 Å². The summed E-state index contributed by atoms with van der Waals surface area (Å²) in [5.74, 6) is 1.25. The molecule has 0 aliphatic heterocycles. The molecule has 0 bridgehead atoms. The molecule has 2 aromatic heterocycles. The third-order valence-electron chi connectivity index (χ3n) is 2.80. The van der Waals surface area contributed by atoms with E-state index in [1.165, 1.54) is 0 Å². The number of aromatic nitrogens is 4. The lowest BCUT2D eigenvalue weighted by Gasteiger charge is -2.09. The van der Waals surface area contributed by atoms with Crippen molar-refractivity contribution in [3.8, 4) is 0 Å². The summed E-state index contributed by atoms with van der Waals surface area (Å²) in [5, 5.41) is 19.7. The zero-order chi connectivity index (χ0) is 13.0. The van der Waals surface area contributed by atoms with E-state index < -0.39 is 0 Å². The van der Waals surface area contributed by atoms with Crippen LogP contribution in [-0.2, 0) is 0 Å². The van der Waals surface area contributed by atoms with E-state index in [4.69, 9.17) is 10.8 Å². The number of rotatable bonds is 6. The maximum Gasteiger partial charge on any atom is 0.224 e. The fraction of sp³-hybridized carbons (Fsp3) is 0.545. The molecular weight excluding hydrogens is 232 g/mol. The van der Waals surface area contributed by atoms with Crippen LogP contribution in [0.3, 0.4) is 0 Å². The number of nitrogens with zero attached hydrogens (tertiary/aromatic N) is 3. The maximum atomic E-state index is 8.93. The van der Waals surface area contributed by atoms with Gasteiger partial charge in [0.2, 0.25) is 5.95 Å². The molecule has 0 spiro atoms. The summed E-state index contributed by atoms with van der Waals surface area (Å²) in [4.78, 5) is 8.20. The molecule has 0 aliphatic rings. The smallest absolute Gasteiger partial charge is 0.224 e. The largest absolute Gasteiger partial charge is 0.396 e. The minimum Gasteiger partial charge on any atom is -0.396 e. The van der Waals surface area contributed by atoms with E-state index >= 15 is 0 Å². The highest BCUT2D eigenvalue weighted by Gasteiger charge is 2.07. The second-order valence-corrected chi connectivity index (χ2v) is 4.42. The normalized spacial score (nSPS) is 12.8. The number of anilines is 2. The van der Waals surface area contributed by atoms with E-state index in [9.17, 15) is 0 Å². The number of nitrogens with two attached hydrogens (primary N) is 1. The van der Waals surface area contributed by atoms with Gasteiger partial charge < -0.3 is 16.2 Å². The highest BCUT2D eigenvalue weighted by Crippen LogP contribution is 2.18. The average Bonchev–Trinajstić information content (AvgIpc) is 2.81. The first-order valence-corrected chi connectivity index (χ1v) is 6.02. The third-order valence-corrected chi connectivity index (χ3v) is 2.80. The molecule has 0 amide bonds. The van der Waals surface area contributed by atoms with Gasteiger partial charge >= 0.3 is 0 Å². The molecule has 0 aromatic carbocycles. The van der Waals surface area contributed by atoms with Gasteiger partial charge in [-0.3, -0.25) is 5.10 Å². The summed E-state index contributed by atoms with van der Waals surface area (Å²) in [6, 6.07) is 0. The zero-order valence-corrected chi connectivity index (χ0v) is 10.3. The lowest BCUT2D eigenvalue weighted by molar-refractivity contribution is 0.229. The molecule has 0 saturated heterocycles. The molecule has 1 atom stereocenters. The van der Waals surface area contributed by atoms with E-state index in [1.807, 2.05) is 6.92 Å². The molecule has 0 saturated carbocycles. The van der Waals surface area contributed by atoms with Gasteiger partial charge in [-0.1, -0.05) is 6.92 Å². The van der Waals surface area contributed by atoms with E-state index in [0.717, 1.165) is 24.8 Å². The van der Waals surface area contributed by atoms with Crippen molar-refractivity contribution in [1.29, 1.82) is 0 Å². The van der Waals surface area contributed by atoms with Gasteiger partial charge in [-0.25, -0.2) is 0 Å². The van der Waals surface area contributed by atoms with Gasteiger partial charge in [-0.15, -0.1) is 0 Å². The van der Waals surface area contributed by atoms with Crippen molar-refractivity contribution in [2.24, 2.45) is 5.92 Å². The number of aromatic amines is 1. The molecule has 18 heavy (non-hydrogen) atoms. The molecule has 0 fully saturated rings. The van der Waals surface area contributed by atoms with Crippen molar-refractivity contribution < 1.29 is 5.11 Å². The molecule has 0 radical (unpaired) electrons. The number of nitrogens with one attached hydrogen (secondary N) is 2. The Morgan fingerprint density at radius 3 is 3.11 bits per heavy atom. The lowest BCUT2D eigenvalue weighted by Crippen LogP contribution is -2.09. The van der Waals surface area contributed by atoms with Crippen LogP contribution < -0.4 is 11.1 Å². The average molecular weight is 250 g/mol. The van der Waals surface area contributed by atoms with E-state index in [-0.39, 0.29) is 12.6 Å². The molecule has 2 aromatic rings. The molecule has 98 valence electrons. The van der Waals surface area contributed by atoms with Gasteiger partial charge in [0.1, 0.15) is 5.82 Å². The van der Waals surface area contributed by atoms with Crippen LogP contribution in [0.2, 0.25) is 0 Å². The minimum atomic E-state index is 0.220. The van der Waals surface area contributed by atoms with Gasteiger partial charge in [-0.2, -0.15) is 15.1 Å². The van der Waals surface area contributed by atoms with E-state index in [1.54, 1.807) is 6.20 Å². The van der Waals surface area contributed by atoms with Crippen LogP contribution in [0.25, 0.3) is 11.0 Å². The number of aliphatic hydroxyl groups is 1. The third kappa shape index (κ3) is 2.86. The fourth-order valence-corrected chi connectivity index (χ4v) is 1.74. The molecule has 7 nitrogen and oxygen atoms in total. The molecular formula is C11H18N6O. The van der Waals surface area contributed by atoms with Crippen LogP contribution in [0.5, 0.6) is 0 Å². The lowest BCUT2D eigenvalue weighted by atomic mass is 10.1. The summed E-state index contributed by atoms with van der Waals surface area (Å²) in [7, 11) is 0. The van der Waals surface area contributed by atoms with Crippen LogP contribution >= 0.6 is 0 Å². The molecule has 0 aliphatic carbocycles. The second-order valence-electron chi connectivity index (χ2n) is 4.42. The molecule has 7 heteroatoms. The van der Waals surface area contributed by atoms with E-state index in [2.05, 4.69) is 25.5 Å². The van der Waals surface area contributed by atoms with Gasteiger partial charge in [-0.05, 0) is 18.8 Å². The summed E-state index contributed by atoms with van der Waals surface area (Å²) in [6.45, 7) is 3.03. The zero-order valence-electron chi connectivity index (χ0n) is 10.3. The highest BCUT2D eigenvalue weighted by molar-refractivity contribution is 5.86. The SMILES string of the molecule is CC(CO)CCCNc1nc(N)nc2[nH]ncc12. The number of hydrogen-bond donors (Lipinski definition) is 4. The van der Waals surface area contributed by atoms with E-state index in [0.29, 0.717) is 17.4 Å². The first-order valence-electron chi connectivity index (χ1n) is 6.02. The Bertz CT molecular complexity index is 511. The first kappa shape index (κ1) is 12.6. The Morgan fingerprint density at radius 2 is 2.33 bits per heavy atom. The van der Waals surface area contributed by atoms with Crippen molar-refractivity contribution in [2.45, 2.75) is 19.8 Å². The Balaban J connectivity index is 1.97. The monoisotopic (exact) mass is 250 g/mol. The maximum absolute atomic E-state index is 8.93. The van der Waals surface area contributed by atoms with Crippen molar-refractivity contribution in [3.05, 3.63) is 6.20 Å². The van der Waals surface area contributed by atoms with Crippen LogP contribution in [0.4, 0.5) is 11.8 Å². The van der Waals surface area contributed by atoms with Crippen molar-refractivity contribution in [2.75, 3.05) is 24.2 Å². The summed E-state index contributed by atoms with van der Waals surface area (Å²) < 4.78 is 0. The molecule has 2 rings (SSSR count). The highest BCUT2D eigenvalue weighted by atomic mass is 16.3. The number of nitrogen functional groups attached to an aromatic ring is 1.